The summed E-state index contributed by atoms with van der Waals surface area (Å²) in [6.45, 7) is 8.39. The van der Waals surface area contributed by atoms with Crippen molar-refractivity contribution >= 4 is 0 Å². The minimum Gasteiger partial charge on any atom is -0.392 e. The molecule has 0 aromatic carbocycles. The lowest BCUT2D eigenvalue weighted by molar-refractivity contribution is 0.0322. The van der Waals surface area contributed by atoms with Crippen LogP contribution in [0.3, 0.4) is 0 Å². The van der Waals surface area contributed by atoms with Gasteiger partial charge >= 0.3 is 0 Å². The normalized spacial score (nSPS) is 15.0. The highest BCUT2D eigenvalue weighted by atomic mass is 16.5. The number of ether oxygens (including phenoxy) is 1. The number of hydrogen-bond donors (Lipinski definition) is 3. The second-order valence-electron chi connectivity index (χ2n) is 4.88. The molecule has 0 saturated carbocycles. The van der Waals surface area contributed by atoms with Gasteiger partial charge in [0.2, 0.25) is 0 Å². The quantitative estimate of drug-likeness (QED) is 0.467. The Kier molecular flexibility index (Phi) is 11.8. The molecule has 0 saturated heterocycles. The van der Waals surface area contributed by atoms with Crippen LogP contribution in [0.25, 0.3) is 0 Å². The first-order valence-corrected chi connectivity index (χ1v) is 7.30. The topological polar surface area (TPSA) is 61.7 Å². The number of rotatable bonds is 12. The zero-order valence-corrected chi connectivity index (χ0v) is 12.2. The SMILES string of the molecule is CCCCOCC(O)CNCC(O)C(CC)CC. The molecule has 0 aliphatic heterocycles. The van der Waals surface area contributed by atoms with Gasteiger partial charge in [0, 0.05) is 19.7 Å². The zero-order chi connectivity index (χ0) is 13.8. The van der Waals surface area contributed by atoms with E-state index in [0.717, 1.165) is 25.7 Å². The van der Waals surface area contributed by atoms with E-state index >= 15 is 0 Å². The predicted molar refractivity (Wildman–Crippen MR) is 74.7 cm³/mol. The fourth-order valence-corrected chi connectivity index (χ4v) is 1.92. The summed E-state index contributed by atoms with van der Waals surface area (Å²) in [4.78, 5) is 0. The average Bonchev–Trinajstić information content (AvgIpc) is 2.36. The number of unbranched alkanes of at least 4 members (excludes halogenated alkanes) is 1. The number of nitrogens with one attached hydrogen (secondary N) is 1. The molecule has 18 heavy (non-hydrogen) atoms. The lowest BCUT2D eigenvalue weighted by Crippen LogP contribution is -2.38. The Morgan fingerprint density at radius 1 is 1.06 bits per heavy atom. The standard InChI is InChI=1S/C14H31NO3/c1-4-7-8-18-11-13(16)9-15-10-14(17)12(5-2)6-3/h12-17H,4-11H2,1-3H3. The van der Waals surface area contributed by atoms with Crippen molar-refractivity contribution in [1.82, 2.24) is 5.32 Å². The van der Waals surface area contributed by atoms with Crippen LogP contribution in [-0.4, -0.2) is 48.7 Å². The van der Waals surface area contributed by atoms with E-state index < -0.39 is 6.10 Å². The summed E-state index contributed by atoms with van der Waals surface area (Å²) < 4.78 is 5.33. The number of aliphatic hydroxyl groups is 2. The smallest absolute Gasteiger partial charge is 0.0897 e. The van der Waals surface area contributed by atoms with Crippen LogP contribution >= 0.6 is 0 Å². The van der Waals surface area contributed by atoms with Crippen LogP contribution in [0.15, 0.2) is 0 Å². The van der Waals surface area contributed by atoms with Gasteiger partial charge in [-0.05, 0) is 12.3 Å². The van der Waals surface area contributed by atoms with Crippen LogP contribution in [0.2, 0.25) is 0 Å². The molecular weight excluding hydrogens is 230 g/mol. The minimum absolute atomic E-state index is 0.326. The Bertz CT molecular complexity index is 174. The molecule has 0 aromatic rings. The van der Waals surface area contributed by atoms with Crippen molar-refractivity contribution in [2.45, 2.75) is 58.7 Å². The van der Waals surface area contributed by atoms with Gasteiger partial charge in [0.05, 0.1) is 18.8 Å². The predicted octanol–water partition coefficient (Wildman–Crippen LogP) is 1.55. The number of aliphatic hydroxyl groups excluding tert-OH is 2. The fourth-order valence-electron chi connectivity index (χ4n) is 1.92. The molecule has 2 atom stereocenters. The molecule has 0 radical (unpaired) electrons. The van der Waals surface area contributed by atoms with Crippen LogP contribution in [0.1, 0.15) is 46.5 Å². The van der Waals surface area contributed by atoms with Gasteiger partial charge in [-0.15, -0.1) is 0 Å². The van der Waals surface area contributed by atoms with Crippen molar-refractivity contribution in [1.29, 1.82) is 0 Å². The van der Waals surface area contributed by atoms with Crippen LogP contribution in [-0.2, 0) is 4.74 Å². The van der Waals surface area contributed by atoms with Crippen molar-refractivity contribution in [3.8, 4) is 0 Å². The molecule has 0 aliphatic rings. The Morgan fingerprint density at radius 2 is 1.72 bits per heavy atom. The molecule has 0 bridgehead atoms. The highest BCUT2D eigenvalue weighted by molar-refractivity contribution is 4.70. The summed E-state index contributed by atoms with van der Waals surface area (Å²) in [5.41, 5.74) is 0. The molecule has 3 N–H and O–H groups in total. The van der Waals surface area contributed by atoms with Gasteiger partial charge in [0.1, 0.15) is 0 Å². The van der Waals surface area contributed by atoms with Crippen LogP contribution in [0, 0.1) is 5.92 Å². The maximum Gasteiger partial charge on any atom is 0.0897 e. The zero-order valence-electron chi connectivity index (χ0n) is 12.2. The molecule has 0 spiro atoms. The van der Waals surface area contributed by atoms with Crippen LogP contribution in [0.4, 0.5) is 0 Å². The molecule has 0 amide bonds. The van der Waals surface area contributed by atoms with Crippen molar-refractivity contribution in [2.24, 2.45) is 5.92 Å². The van der Waals surface area contributed by atoms with E-state index in [1.807, 2.05) is 0 Å². The van der Waals surface area contributed by atoms with Gasteiger partial charge in [0.25, 0.3) is 0 Å². The highest BCUT2D eigenvalue weighted by Gasteiger charge is 2.15. The van der Waals surface area contributed by atoms with E-state index in [-0.39, 0.29) is 6.10 Å². The lowest BCUT2D eigenvalue weighted by atomic mass is 9.96. The van der Waals surface area contributed by atoms with Gasteiger partial charge in [-0.2, -0.15) is 0 Å². The summed E-state index contributed by atoms with van der Waals surface area (Å²) in [7, 11) is 0. The largest absolute Gasteiger partial charge is 0.392 e. The second-order valence-corrected chi connectivity index (χ2v) is 4.88. The minimum atomic E-state index is -0.490. The van der Waals surface area contributed by atoms with Crippen LogP contribution in [0.5, 0.6) is 0 Å². The molecule has 0 heterocycles. The second kappa shape index (κ2) is 11.9. The summed E-state index contributed by atoms with van der Waals surface area (Å²) in [5, 5.41) is 22.6. The third kappa shape index (κ3) is 8.86. The Labute approximate surface area is 112 Å². The first-order valence-electron chi connectivity index (χ1n) is 7.30. The molecular formula is C14H31NO3. The van der Waals surface area contributed by atoms with Gasteiger partial charge in [-0.25, -0.2) is 0 Å². The first kappa shape index (κ1) is 17.8. The van der Waals surface area contributed by atoms with Gasteiger partial charge in [0.15, 0.2) is 0 Å². The Balaban J connectivity index is 3.51. The Morgan fingerprint density at radius 3 is 2.28 bits per heavy atom. The van der Waals surface area contributed by atoms with E-state index in [2.05, 4.69) is 26.1 Å². The lowest BCUT2D eigenvalue weighted by Gasteiger charge is -2.21. The Hall–Kier alpha value is -0.160. The molecule has 0 fully saturated rings. The van der Waals surface area contributed by atoms with Crippen molar-refractivity contribution in [3.05, 3.63) is 0 Å². The summed E-state index contributed by atoms with van der Waals surface area (Å²) in [6, 6.07) is 0. The third-order valence-corrected chi connectivity index (χ3v) is 3.28. The molecule has 4 heteroatoms. The third-order valence-electron chi connectivity index (χ3n) is 3.28. The van der Waals surface area contributed by atoms with Gasteiger partial charge in [-0.1, -0.05) is 40.0 Å². The fraction of sp³-hybridized carbons (Fsp3) is 1.00. The molecule has 110 valence electrons. The first-order chi connectivity index (χ1) is 8.65. The van der Waals surface area contributed by atoms with E-state index in [9.17, 15) is 10.2 Å². The molecule has 4 nitrogen and oxygen atoms in total. The van der Waals surface area contributed by atoms with E-state index in [4.69, 9.17) is 4.74 Å². The summed E-state index contributed by atoms with van der Waals surface area (Å²) >= 11 is 0. The maximum atomic E-state index is 9.89. The summed E-state index contributed by atoms with van der Waals surface area (Å²) in [5.74, 6) is 0.343. The maximum absolute atomic E-state index is 9.89. The van der Waals surface area contributed by atoms with Gasteiger partial charge < -0.3 is 20.3 Å². The van der Waals surface area contributed by atoms with Crippen LogP contribution < -0.4 is 5.32 Å². The van der Waals surface area contributed by atoms with Crippen molar-refractivity contribution < 1.29 is 14.9 Å². The average molecular weight is 261 g/mol. The molecule has 0 aliphatic carbocycles. The van der Waals surface area contributed by atoms with Gasteiger partial charge in [-0.3, -0.25) is 0 Å². The van der Waals surface area contributed by atoms with E-state index in [0.29, 0.717) is 32.2 Å². The highest BCUT2D eigenvalue weighted by Crippen LogP contribution is 2.12. The van der Waals surface area contributed by atoms with Crippen molar-refractivity contribution in [3.63, 3.8) is 0 Å². The monoisotopic (exact) mass is 261 g/mol. The van der Waals surface area contributed by atoms with E-state index in [1.165, 1.54) is 0 Å². The van der Waals surface area contributed by atoms with Crippen molar-refractivity contribution in [2.75, 3.05) is 26.3 Å². The van der Waals surface area contributed by atoms with E-state index in [1.54, 1.807) is 0 Å². The molecule has 0 rings (SSSR count). The summed E-state index contributed by atoms with van der Waals surface area (Å²) in [6.07, 6.45) is 3.30. The molecule has 2 unspecified atom stereocenters. The molecule has 0 aromatic heterocycles. The number of hydrogen-bond acceptors (Lipinski definition) is 4.